The second-order valence-electron chi connectivity index (χ2n) is 3.97. The molecule has 0 radical (unpaired) electrons. The van der Waals surface area contributed by atoms with E-state index in [0.29, 0.717) is 6.54 Å². The lowest BCUT2D eigenvalue weighted by molar-refractivity contribution is -0.133. The van der Waals surface area contributed by atoms with E-state index >= 15 is 0 Å². The number of aryl methyl sites for hydroxylation is 1. The van der Waals surface area contributed by atoms with Crippen molar-refractivity contribution in [1.29, 1.82) is 0 Å². The van der Waals surface area contributed by atoms with Gasteiger partial charge in [0.2, 0.25) is 5.91 Å². The van der Waals surface area contributed by atoms with Crippen molar-refractivity contribution in [3.8, 4) is 0 Å². The zero-order valence-corrected chi connectivity index (χ0v) is 9.02. The molecule has 15 heavy (non-hydrogen) atoms. The Labute approximate surface area is 89.1 Å². The maximum Gasteiger partial charge on any atom is 0.244 e. The van der Waals surface area contributed by atoms with E-state index in [9.17, 15) is 4.79 Å². The fourth-order valence-corrected chi connectivity index (χ4v) is 1.84. The summed E-state index contributed by atoms with van der Waals surface area (Å²) in [5.74, 6) is 0.156. The fourth-order valence-electron chi connectivity index (χ4n) is 1.84. The number of hydrogen-bond acceptors (Lipinski definition) is 3. The van der Waals surface area contributed by atoms with E-state index in [1.165, 1.54) is 6.42 Å². The van der Waals surface area contributed by atoms with Gasteiger partial charge in [-0.15, -0.1) is 5.10 Å². The number of carbonyl (C=O) groups is 1. The second kappa shape index (κ2) is 4.42. The van der Waals surface area contributed by atoms with Crippen LogP contribution in [0, 0.1) is 6.92 Å². The highest BCUT2D eigenvalue weighted by Crippen LogP contribution is 2.09. The first-order valence-corrected chi connectivity index (χ1v) is 5.40. The minimum absolute atomic E-state index is 0.156. The van der Waals surface area contributed by atoms with Gasteiger partial charge in [0.15, 0.2) is 0 Å². The van der Waals surface area contributed by atoms with E-state index in [-0.39, 0.29) is 5.91 Å². The van der Waals surface area contributed by atoms with Gasteiger partial charge < -0.3 is 4.90 Å². The van der Waals surface area contributed by atoms with E-state index in [1.807, 2.05) is 11.8 Å². The highest BCUT2D eigenvalue weighted by molar-refractivity contribution is 5.76. The van der Waals surface area contributed by atoms with Crippen molar-refractivity contribution in [1.82, 2.24) is 19.9 Å². The molecule has 0 bridgehead atoms. The Kier molecular flexibility index (Phi) is 2.99. The Morgan fingerprint density at radius 2 is 2.13 bits per heavy atom. The van der Waals surface area contributed by atoms with Gasteiger partial charge in [0, 0.05) is 13.1 Å². The quantitative estimate of drug-likeness (QED) is 0.715. The van der Waals surface area contributed by atoms with Crippen molar-refractivity contribution in [2.75, 3.05) is 13.1 Å². The molecule has 1 aliphatic heterocycles. The number of carbonyl (C=O) groups excluding carboxylic acids is 1. The number of hydrogen-bond donors (Lipinski definition) is 0. The van der Waals surface area contributed by atoms with Crippen LogP contribution < -0.4 is 0 Å². The van der Waals surface area contributed by atoms with Gasteiger partial charge in [-0.25, -0.2) is 4.68 Å². The van der Waals surface area contributed by atoms with Crippen molar-refractivity contribution >= 4 is 5.91 Å². The van der Waals surface area contributed by atoms with Crippen molar-refractivity contribution in [2.45, 2.75) is 32.7 Å². The van der Waals surface area contributed by atoms with Gasteiger partial charge in [-0.2, -0.15) is 0 Å². The van der Waals surface area contributed by atoms with Crippen LogP contribution in [0.5, 0.6) is 0 Å². The summed E-state index contributed by atoms with van der Waals surface area (Å²) in [4.78, 5) is 13.8. The highest BCUT2D eigenvalue weighted by atomic mass is 16.2. The lowest BCUT2D eigenvalue weighted by Gasteiger charge is -2.26. The third-order valence-electron chi connectivity index (χ3n) is 2.81. The first kappa shape index (κ1) is 10.1. The molecule has 1 aromatic rings. The third-order valence-corrected chi connectivity index (χ3v) is 2.81. The van der Waals surface area contributed by atoms with Crippen molar-refractivity contribution < 1.29 is 4.79 Å². The number of amides is 1. The van der Waals surface area contributed by atoms with Gasteiger partial charge in [0.1, 0.15) is 6.54 Å². The molecule has 82 valence electrons. The summed E-state index contributed by atoms with van der Waals surface area (Å²) in [5, 5.41) is 7.63. The maximum atomic E-state index is 11.9. The molecule has 1 aromatic heterocycles. The summed E-state index contributed by atoms with van der Waals surface area (Å²) in [6.45, 7) is 4.02. The highest BCUT2D eigenvalue weighted by Gasteiger charge is 2.17. The van der Waals surface area contributed by atoms with Crippen LogP contribution in [-0.4, -0.2) is 38.9 Å². The molecule has 1 fully saturated rings. The van der Waals surface area contributed by atoms with Crippen LogP contribution in [0.4, 0.5) is 0 Å². The fraction of sp³-hybridized carbons (Fsp3) is 0.700. The molecule has 1 amide bonds. The summed E-state index contributed by atoms with van der Waals surface area (Å²) < 4.78 is 1.65. The first-order chi connectivity index (χ1) is 7.27. The Bertz CT molecular complexity index is 341. The van der Waals surface area contributed by atoms with Gasteiger partial charge in [-0.1, -0.05) is 5.21 Å². The molecule has 5 nitrogen and oxygen atoms in total. The maximum absolute atomic E-state index is 11.9. The molecule has 0 spiro atoms. The Morgan fingerprint density at radius 3 is 2.73 bits per heavy atom. The number of likely N-dealkylation sites (tertiary alicyclic amines) is 1. The standard InChI is InChI=1S/C10H16N4O/c1-9-7-11-12-14(9)8-10(15)13-5-3-2-4-6-13/h7H,2-6,8H2,1H3. The first-order valence-electron chi connectivity index (χ1n) is 5.40. The van der Waals surface area contributed by atoms with Gasteiger partial charge >= 0.3 is 0 Å². The zero-order valence-electron chi connectivity index (χ0n) is 9.02. The molecule has 0 atom stereocenters. The molecule has 5 heteroatoms. The summed E-state index contributed by atoms with van der Waals surface area (Å²) in [6, 6.07) is 0. The van der Waals surface area contributed by atoms with Crippen LogP contribution in [0.2, 0.25) is 0 Å². The molecule has 1 aliphatic rings. The molecule has 0 aromatic carbocycles. The normalized spacial score (nSPS) is 16.7. The van der Waals surface area contributed by atoms with E-state index in [2.05, 4.69) is 10.3 Å². The third kappa shape index (κ3) is 2.34. The molecule has 2 heterocycles. The number of piperidine rings is 1. The summed E-state index contributed by atoms with van der Waals surface area (Å²) in [7, 11) is 0. The van der Waals surface area contributed by atoms with E-state index in [1.54, 1.807) is 10.9 Å². The van der Waals surface area contributed by atoms with E-state index < -0.39 is 0 Å². The molecule has 0 unspecified atom stereocenters. The van der Waals surface area contributed by atoms with E-state index in [4.69, 9.17) is 0 Å². The Hall–Kier alpha value is -1.39. The van der Waals surface area contributed by atoms with Gasteiger partial charge in [-0.05, 0) is 26.2 Å². The van der Waals surface area contributed by atoms with Crippen molar-refractivity contribution in [3.05, 3.63) is 11.9 Å². The second-order valence-corrected chi connectivity index (χ2v) is 3.97. The van der Waals surface area contributed by atoms with Crippen molar-refractivity contribution in [3.63, 3.8) is 0 Å². The predicted octanol–water partition coefficient (Wildman–Crippen LogP) is 0.599. The van der Waals surface area contributed by atoms with Crippen LogP contribution in [0.15, 0.2) is 6.20 Å². The number of aromatic nitrogens is 3. The van der Waals surface area contributed by atoms with Crippen LogP contribution in [0.3, 0.4) is 0 Å². The molecular weight excluding hydrogens is 192 g/mol. The molecule has 0 aliphatic carbocycles. The van der Waals surface area contributed by atoms with Gasteiger partial charge in [-0.3, -0.25) is 4.79 Å². The molecular formula is C10H16N4O. The van der Waals surface area contributed by atoms with Gasteiger partial charge in [0.05, 0.1) is 11.9 Å². The van der Waals surface area contributed by atoms with E-state index in [0.717, 1.165) is 31.6 Å². The predicted molar refractivity (Wildman–Crippen MR) is 55.2 cm³/mol. The molecule has 0 saturated carbocycles. The summed E-state index contributed by atoms with van der Waals surface area (Å²) in [6.07, 6.45) is 5.17. The monoisotopic (exact) mass is 208 g/mol. The number of rotatable bonds is 2. The average Bonchev–Trinajstić information content (AvgIpc) is 2.66. The molecule has 1 saturated heterocycles. The van der Waals surface area contributed by atoms with Crippen LogP contribution >= 0.6 is 0 Å². The van der Waals surface area contributed by atoms with Gasteiger partial charge in [0.25, 0.3) is 0 Å². The topological polar surface area (TPSA) is 51.0 Å². The SMILES string of the molecule is Cc1cnnn1CC(=O)N1CCCCC1. The smallest absolute Gasteiger partial charge is 0.244 e. The van der Waals surface area contributed by atoms with Crippen molar-refractivity contribution in [2.24, 2.45) is 0 Å². The Balaban J connectivity index is 1.94. The summed E-state index contributed by atoms with van der Waals surface area (Å²) in [5.41, 5.74) is 0.931. The lowest BCUT2D eigenvalue weighted by Crippen LogP contribution is -2.38. The average molecular weight is 208 g/mol. The minimum atomic E-state index is 0.156. The van der Waals surface area contributed by atoms with Crippen LogP contribution in [0.1, 0.15) is 25.0 Å². The summed E-state index contributed by atoms with van der Waals surface area (Å²) >= 11 is 0. The number of nitrogens with zero attached hydrogens (tertiary/aromatic N) is 4. The largest absolute Gasteiger partial charge is 0.341 e. The lowest BCUT2D eigenvalue weighted by atomic mass is 10.1. The zero-order chi connectivity index (χ0) is 10.7. The van der Waals surface area contributed by atoms with Crippen LogP contribution in [-0.2, 0) is 11.3 Å². The molecule has 0 N–H and O–H groups in total. The minimum Gasteiger partial charge on any atom is -0.341 e. The van der Waals surface area contributed by atoms with Crippen LogP contribution in [0.25, 0.3) is 0 Å². The Morgan fingerprint density at radius 1 is 1.40 bits per heavy atom. The molecule has 2 rings (SSSR count).